The molecule has 0 atom stereocenters. The van der Waals surface area contributed by atoms with Gasteiger partial charge in [0.1, 0.15) is 0 Å². The summed E-state index contributed by atoms with van der Waals surface area (Å²) in [6, 6.07) is 7.86. The molecule has 0 aliphatic carbocycles. The minimum absolute atomic E-state index is 0.667. The Bertz CT molecular complexity index is 616. The maximum Gasteiger partial charge on any atom is 0.229 e. The van der Waals surface area contributed by atoms with Crippen molar-refractivity contribution in [2.24, 2.45) is 0 Å². The molecule has 16 heavy (non-hydrogen) atoms. The molecule has 0 bridgehead atoms. The molecule has 0 fully saturated rings. The average Bonchev–Trinajstić information content (AvgIpc) is 2.84. The first-order valence-electron chi connectivity index (χ1n) is 5.01. The van der Waals surface area contributed by atoms with Crippen LogP contribution >= 0.6 is 0 Å². The summed E-state index contributed by atoms with van der Waals surface area (Å²) in [5.41, 5.74) is 9.22. The van der Waals surface area contributed by atoms with E-state index >= 15 is 0 Å². The Balaban J connectivity index is 2.23. The van der Waals surface area contributed by atoms with Crippen LogP contribution in [0.15, 0.2) is 30.5 Å². The fraction of sp³-hybridized carbons (Fsp3) is 0.0909. The largest absolute Gasteiger partial charge is 0.396 e. The van der Waals surface area contributed by atoms with Crippen LogP contribution in [0.3, 0.4) is 0 Å². The van der Waals surface area contributed by atoms with Crippen LogP contribution < -0.4 is 5.73 Å². The summed E-state index contributed by atoms with van der Waals surface area (Å²) in [5.74, 6) is 0.690. The van der Waals surface area contributed by atoms with Crippen molar-refractivity contribution in [3.8, 4) is 5.95 Å². The van der Waals surface area contributed by atoms with Crippen molar-refractivity contribution in [2.75, 3.05) is 5.73 Å². The van der Waals surface area contributed by atoms with Crippen LogP contribution in [0.4, 0.5) is 5.69 Å². The Morgan fingerprint density at radius 2 is 2.12 bits per heavy atom. The van der Waals surface area contributed by atoms with E-state index in [-0.39, 0.29) is 0 Å². The molecule has 3 N–H and O–H groups in total. The molecule has 2 aromatic heterocycles. The lowest BCUT2D eigenvalue weighted by molar-refractivity contribution is 0.801. The number of hydrogen-bond donors (Lipinski definition) is 2. The summed E-state index contributed by atoms with van der Waals surface area (Å²) < 4.78 is 1.70. The first-order valence-corrected chi connectivity index (χ1v) is 5.01. The van der Waals surface area contributed by atoms with E-state index < -0.39 is 0 Å². The molecule has 0 spiro atoms. The molecule has 1 aromatic carbocycles. The Labute approximate surface area is 91.9 Å². The van der Waals surface area contributed by atoms with Crippen molar-refractivity contribution in [3.63, 3.8) is 0 Å². The smallest absolute Gasteiger partial charge is 0.229 e. The number of imidazole rings is 1. The summed E-state index contributed by atoms with van der Waals surface area (Å²) in [4.78, 5) is 7.65. The number of nitrogens with one attached hydrogen (secondary N) is 1. The number of nitrogens with two attached hydrogens (primary N) is 1. The van der Waals surface area contributed by atoms with Crippen LogP contribution in [-0.4, -0.2) is 19.7 Å². The van der Waals surface area contributed by atoms with E-state index in [2.05, 4.69) is 15.1 Å². The molecule has 0 amide bonds. The second-order valence-electron chi connectivity index (χ2n) is 3.67. The highest BCUT2D eigenvalue weighted by atomic mass is 15.4. The minimum atomic E-state index is 0.667. The van der Waals surface area contributed by atoms with Crippen molar-refractivity contribution >= 4 is 16.7 Å². The zero-order valence-corrected chi connectivity index (χ0v) is 8.81. The predicted octanol–water partition coefficient (Wildman–Crippen LogP) is 1.64. The zero-order chi connectivity index (χ0) is 11.1. The lowest BCUT2D eigenvalue weighted by Gasteiger charge is -1.98. The molecule has 0 aliphatic rings. The molecular formula is C11H11N5. The number of nitrogens with zero attached hydrogens (tertiary/aromatic N) is 3. The maximum atomic E-state index is 5.75. The zero-order valence-electron chi connectivity index (χ0n) is 8.81. The summed E-state index contributed by atoms with van der Waals surface area (Å²) in [5, 5.41) is 4.18. The molecule has 0 saturated heterocycles. The number of anilines is 1. The monoisotopic (exact) mass is 213 g/mol. The number of H-pyrrole nitrogens is 1. The van der Waals surface area contributed by atoms with Crippen LogP contribution in [0.5, 0.6) is 0 Å². The molecule has 5 heteroatoms. The third-order valence-corrected chi connectivity index (χ3v) is 2.63. The van der Waals surface area contributed by atoms with Gasteiger partial charge in [-0.25, -0.2) is 9.67 Å². The minimum Gasteiger partial charge on any atom is -0.396 e. The van der Waals surface area contributed by atoms with Gasteiger partial charge in [0.25, 0.3) is 0 Å². The lowest BCUT2D eigenvalue weighted by atomic mass is 10.3. The molecule has 5 nitrogen and oxygen atoms in total. The number of rotatable bonds is 1. The van der Waals surface area contributed by atoms with E-state index in [0.717, 1.165) is 16.7 Å². The number of hydrogen-bond acceptors (Lipinski definition) is 3. The Morgan fingerprint density at radius 1 is 1.31 bits per heavy atom. The fourth-order valence-electron chi connectivity index (χ4n) is 1.68. The molecule has 3 aromatic rings. The van der Waals surface area contributed by atoms with Crippen molar-refractivity contribution in [2.45, 2.75) is 6.92 Å². The van der Waals surface area contributed by atoms with Gasteiger partial charge in [-0.05, 0) is 19.1 Å². The van der Waals surface area contributed by atoms with Crippen LogP contribution in [0.1, 0.15) is 5.69 Å². The Hall–Kier alpha value is -2.30. The van der Waals surface area contributed by atoms with Gasteiger partial charge in [0.05, 0.1) is 28.6 Å². The maximum absolute atomic E-state index is 5.75. The van der Waals surface area contributed by atoms with Crippen molar-refractivity contribution in [1.29, 1.82) is 0 Å². The topological polar surface area (TPSA) is 72.5 Å². The summed E-state index contributed by atoms with van der Waals surface area (Å²) in [6.45, 7) is 1.91. The van der Waals surface area contributed by atoms with Gasteiger partial charge in [-0.1, -0.05) is 12.1 Å². The SMILES string of the molecule is Cc1c(N)cnn1-c1nc2ccccc2[nH]1. The highest BCUT2D eigenvalue weighted by Crippen LogP contribution is 2.16. The second kappa shape index (κ2) is 3.10. The van der Waals surface area contributed by atoms with Crippen LogP contribution in [-0.2, 0) is 0 Å². The second-order valence-corrected chi connectivity index (χ2v) is 3.67. The molecular weight excluding hydrogens is 202 g/mol. The lowest BCUT2D eigenvalue weighted by Crippen LogP contribution is -2.01. The van der Waals surface area contributed by atoms with Gasteiger partial charge in [0, 0.05) is 0 Å². The van der Waals surface area contributed by atoms with Gasteiger partial charge < -0.3 is 10.7 Å². The average molecular weight is 213 g/mol. The Morgan fingerprint density at radius 3 is 2.81 bits per heavy atom. The highest BCUT2D eigenvalue weighted by Gasteiger charge is 2.09. The van der Waals surface area contributed by atoms with Gasteiger partial charge >= 0.3 is 0 Å². The number of para-hydroxylation sites is 2. The first-order chi connectivity index (χ1) is 7.75. The van der Waals surface area contributed by atoms with Gasteiger partial charge in [-0.2, -0.15) is 5.10 Å². The standard InChI is InChI=1S/C11H11N5/c1-7-8(12)6-13-16(7)11-14-9-4-2-3-5-10(9)15-11/h2-6H,12H2,1H3,(H,14,15). The molecule has 0 radical (unpaired) electrons. The van der Waals surface area contributed by atoms with E-state index in [9.17, 15) is 0 Å². The van der Waals surface area contributed by atoms with Gasteiger partial charge in [-0.3, -0.25) is 0 Å². The number of fused-ring (bicyclic) bond motifs is 1. The summed E-state index contributed by atoms with van der Waals surface area (Å²) >= 11 is 0. The van der Waals surface area contributed by atoms with E-state index in [0.29, 0.717) is 11.6 Å². The Kier molecular flexibility index (Phi) is 1.73. The van der Waals surface area contributed by atoms with Gasteiger partial charge in [0.2, 0.25) is 5.95 Å². The third-order valence-electron chi connectivity index (χ3n) is 2.63. The molecule has 3 rings (SSSR count). The molecule has 0 unspecified atom stereocenters. The van der Waals surface area contributed by atoms with Crippen LogP contribution in [0, 0.1) is 6.92 Å². The molecule has 80 valence electrons. The fourth-order valence-corrected chi connectivity index (χ4v) is 1.68. The van der Waals surface area contributed by atoms with Crippen molar-refractivity contribution < 1.29 is 0 Å². The molecule has 0 aliphatic heterocycles. The number of benzene rings is 1. The normalized spacial score (nSPS) is 11.1. The third kappa shape index (κ3) is 1.18. The number of aromatic amines is 1. The molecule has 0 saturated carbocycles. The quantitative estimate of drug-likeness (QED) is 0.645. The number of nitrogen functional groups attached to an aromatic ring is 1. The van der Waals surface area contributed by atoms with Crippen LogP contribution in [0.2, 0.25) is 0 Å². The van der Waals surface area contributed by atoms with Crippen molar-refractivity contribution in [1.82, 2.24) is 19.7 Å². The van der Waals surface area contributed by atoms with E-state index in [4.69, 9.17) is 5.73 Å². The van der Waals surface area contributed by atoms with E-state index in [1.807, 2.05) is 31.2 Å². The van der Waals surface area contributed by atoms with Gasteiger partial charge in [0.15, 0.2) is 0 Å². The predicted molar refractivity (Wildman–Crippen MR) is 62.4 cm³/mol. The van der Waals surface area contributed by atoms with Gasteiger partial charge in [-0.15, -0.1) is 0 Å². The van der Waals surface area contributed by atoms with Crippen LogP contribution in [0.25, 0.3) is 17.0 Å². The molecule has 2 heterocycles. The first kappa shape index (κ1) is 8.96. The summed E-state index contributed by atoms with van der Waals surface area (Å²) in [6.07, 6.45) is 1.63. The summed E-state index contributed by atoms with van der Waals surface area (Å²) in [7, 11) is 0. The highest BCUT2D eigenvalue weighted by molar-refractivity contribution is 5.76. The van der Waals surface area contributed by atoms with E-state index in [1.165, 1.54) is 0 Å². The number of aromatic nitrogens is 4. The van der Waals surface area contributed by atoms with Crippen molar-refractivity contribution in [3.05, 3.63) is 36.2 Å². The van der Waals surface area contributed by atoms with E-state index in [1.54, 1.807) is 10.9 Å².